The molecule has 4 atom stereocenters. The zero-order chi connectivity index (χ0) is 19.3. The highest BCUT2D eigenvalue weighted by atomic mass is 16.1. The van der Waals surface area contributed by atoms with E-state index >= 15 is 0 Å². The third-order valence-corrected chi connectivity index (χ3v) is 5.83. The van der Waals surface area contributed by atoms with Gasteiger partial charge in [-0.1, -0.05) is 0 Å². The van der Waals surface area contributed by atoms with Crippen LogP contribution in [0.3, 0.4) is 0 Å². The zero-order valence-electron chi connectivity index (χ0n) is 17.2. The summed E-state index contributed by atoms with van der Waals surface area (Å²) in [5.41, 5.74) is 11.8. The maximum atomic E-state index is 13.0. The number of carbonyl (C=O) groups is 1. The molecule has 0 amide bonds. The van der Waals surface area contributed by atoms with Crippen LogP contribution >= 0.6 is 0 Å². The van der Waals surface area contributed by atoms with Crippen LogP contribution in [-0.2, 0) is 4.79 Å². The summed E-state index contributed by atoms with van der Waals surface area (Å²) >= 11 is 0. The highest BCUT2D eigenvalue weighted by molar-refractivity contribution is 5.88. The molecular weight excluding hydrogens is 328 g/mol. The SMILES string of the molecule is CC(N)CN1CCN(C(C)C(=O)C(C)N2CCN(CC(C)N)CC2)CC1. The van der Waals surface area contributed by atoms with Gasteiger partial charge in [0.25, 0.3) is 0 Å². The van der Waals surface area contributed by atoms with Gasteiger partial charge >= 0.3 is 0 Å². The second-order valence-electron chi connectivity index (χ2n) is 8.38. The number of rotatable bonds is 8. The van der Waals surface area contributed by atoms with Crippen LogP contribution in [-0.4, -0.2) is 115 Å². The Morgan fingerprint density at radius 3 is 1.27 bits per heavy atom. The van der Waals surface area contributed by atoms with Gasteiger partial charge in [-0.25, -0.2) is 0 Å². The molecule has 2 aliphatic heterocycles. The second kappa shape index (κ2) is 10.1. The molecule has 2 heterocycles. The van der Waals surface area contributed by atoms with Crippen molar-refractivity contribution < 1.29 is 4.79 Å². The molecule has 7 nitrogen and oxygen atoms in total. The smallest absolute Gasteiger partial charge is 0.166 e. The Kier molecular flexibility index (Phi) is 8.44. The van der Waals surface area contributed by atoms with E-state index in [9.17, 15) is 4.79 Å². The number of hydrogen-bond acceptors (Lipinski definition) is 7. The predicted octanol–water partition coefficient (Wildman–Crippen LogP) is -0.738. The van der Waals surface area contributed by atoms with Gasteiger partial charge in [0.1, 0.15) is 0 Å². The van der Waals surface area contributed by atoms with E-state index in [1.54, 1.807) is 0 Å². The van der Waals surface area contributed by atoms with Gasteiger partial charge in [-0.3, -0.25) is 24.4 Å². The minimum absolute atomic E-state index is 0.00968. The summed E-state index contributed by atoms with van der Waals surface area (Å²) in [4.78, 5) is 22.5. The van der Waals surface area contributed by atoms with Crippen LogP contribution in [0.4, 0.5) is 0 Å². The van der Waals surface area contributed by atoms with Gasteiger partial charge in [-0.2, -0.15) is 0 Å². The lowest BCUT2D eigenvalue weighted by Gasteiger charge is -2.41. The average molecular weight is 369 g/mol. The Bertz CT molecular complexity index is 390. The first-order valence-electron chi connectivity index (χ1n) is 10.3. The standard InChI is InChI=1S/C19H40N6O/c1-15(20)13-22-5-9-24(10-6-22)17(3)19(26)18(4)25-11-7-23(8-12-25)14-16(2)21/h15-18H,5-14,20-21H2,1-4H3. The average Bonchev–Trinajstić information content (AvgIpc) is 2.60. The van der Waals surface area contributed by atoms with Crippen LogP contribution in [0, 0.1) is 0 Å². The van der Waals surface area contributed by atoms with Gasteiger partial charge in [0, 0.05) is 77.5 Å². The quantitative estimate of drug-likeness (QED) is 0.584. The van der Waals surface area contributed by atoms with Crippen molar-refractivity contribution in [3.63, 3.8) is 0 Å². The summed E-state index contributed by atoms with van der Waals surface area (Å²) in [6.07, 6.45) is 0. The van der Waals surface area contributed by atoms with E-state index in [4.69, 9.17) is 11.5 Å². The molecule has 152 valence electrons. The molecule has 0 radical (unpaired) electrons. The fourth-order valence-electron chi connectivity index (χ4n) is 4.19. The Morgan fingerprint density at radius 1 is 0.692 bits per heavy atom. The monoisotopic (exact) mass is 368 g/mol. The lowest BCUT2D eigenvalue weighted by Crippen LogP contribution is -2.58. The van der Waals surface area contributed by atoms with Crippen LogP contribution in [0.15, 0.2) is 0 Å². The number of Topliss-reactive ketones (excluding diaryl/α,β-unsaturated/α-hetero) is 1. The lowest BCUT2D eigenvalue weighted by molar-refractivity contribution is -0.130. The molecule has 2 saturated heterocycles. The zero-order valence-corrected chi connectivity index (χ0v) is 17.2. The van der Waals surface area contributed by atoms with Crippen LogP contribution in [0.25, 0.3) is 0 Å². The molecule has 0 saturated carbocycles. The van der Waals surface area contributed by atoms with Crippen LogP contribution in [0.1, 0.15) is 27.7 Å². The van der Waals surface area contributed by atoms with Crippen LogP contribution in [0.5, 0.6) is 0 Å². The Balaban J connectivity index is 1.77. The molecule has 0 aromatic rings. The van der Waals surface area contributed by atoms with Gasteiger partial charge in [-0.15, -0.1) is 0 Å². The summed E-state index contributed by atoms with van der Waals surface area (Å²) in [6, 6.07) is 0.400. The number of hydrogen-bond donors (Lipinski definition) is 2. The Labute approximate surface area is 159 Å². The number of carbonyl (C=O) groups excluding carboxylic acids is 1. The van der Waals surface area contributed by atoms with Crippen molar-refractivity contribution in [1.82, 2.24) is 19.6 Å². The molecule has 4 N–H and O–H groups in total. The van der Waals surface area contributed by atoms with Gasteiger partial charge in [0.15, 0.2) is 5.78 Å². The number of nitrogens with zero attached hydrogens (tertiary/aromatic N) is 4. The summed E-state index contributed by atoms with van der Waals surface area (Å²) in [5, 5.41) is 0. The van der Waals surface area contributed by atoms with E-state index in [2.05, 4.69) is 33.4 Å². The van der Waals surface area contributed by atoms with E-state index in [1.807, 2.05) is 13.8 Å². The highest BCUT2D eigenvalue weighted by Crippen LogP contribution is 2.14. The molecule has 0 aromatic heterocycles. The van der Waals surface area contributed by atoms with Crippen molar-refractivity contribution in [2.45, 2.75) is 51.9 Å². The lowest BCUT2D eigenvalue weighted by atomic mass is 10.0. The number of ketones is 1. The predicted molar refractivity (Wildman–Crippen MR) is 107 cm³/mol. The van der Waals surface area contributed by atoms with Crippen molar-refractivity contribution in [3.8, 4) is 0 Å². The first kappa shape index (κ1) is 21.7. The van der Waals surface area contributed by atoms with Crippen molar-refractivity contribution >= 4 is 5.78 Å². The molecule has 0 aromatic carbocycles. The molecular formula is C19H40N6O. The molecule has 4 unspecified atom stereocenters. The maximum Gasteiger partial charge on any atom is 0.166 e. The minimum atomic E-state index is -0.00968. The van der Waals surface area contributed by atoms with Gasteiger partial charge in [0.2, 0.25) is 0 Å². The Morgan fingerprint density at radius 2 is 1.00 bits per heavy atom. The molecule has 2 rings (SSSR count). The van der Waals surface area contributed by atoms with Crippen molar-refractivity contribution in [2.24, 2.45) is 11.5 Å². The normalized spacial score (nSPS) is 26.4. The second-order valence-corrected chi connectivity index (χ2v) is 8.38. The third-order valence-electron chi connectivity index (χ3n) is 5.83. The number of nitrogens with two attached hydrogens (primary N) is 2. The first-order valence-corrected chi connectivity index (χ1v) is 10.3. The largest absolute Gasteiger partial charge is 0.327 e. The molecule has 0 spiro atoms. The minimum Gasteiger partial charge on any atom is -0.327 e. The number of piperazine rings is 2. The summed E-state index contributed by atoms with van der Waals surface area (Å²) in [6.45, 7) is 18.0. The molecule has 26 heavy (non-hydrogen) atoms. The van der Waals surface area contributed by atoms with Gasteiger partial charge in [0.05, 0.1) is 12.1 Å². The van der Waals surface area contributed by atoms with Crippen LogP contribution in [0.2, 0.25) is 0 Å². The van der Waals surface area contributed by atoms with Crippen molar-refractivity contribution in [2.75, 3.05) is 65.4 Å². The summed E-state index contributed by atoms with van der Waals surface area (Å²) < 4.78 is 0. The topological polar surface area (TPSA) is 82.1 Å². The van der Waals surface area contributed by atoms with Crippen LogP contribution < -0.4 is 11.5 Å². The first-order chi connectivity index (χ1) is 12.3. The molecule has 2 aliphatic rings. The Hall–Kier alpha value is -0.570. The fourth-order valence-corrected chi connectivity index (χ4v) is 4.19. The van der Waals surface area contributed by atoms with Crippen molar-refractivity contribution in [3.05, 3.63) is 0 Å². The molecule has 0 bridgehead atoms. The van der Waals surface area contributed by atoms with Gasteiger partial charge in [-0.05, 0) is 27.7 Å². The van der Waals surface area contributed by atoms with E-state index in [-0.39, 0.29) is 24.2 Å². The van der Waals surface area contributed by atoms with Crippen molar-refractivity contribution in [1.29, 1.82) is 0 Å². The van der Waals surface area contributed by atoms with E-state index in [0.717, 1.165) is 65.4 Å². The van der Waals surface area contributed by atoms with Gasteiger partial charge < -0.3 is 11.5 Å². The molecule has 0 aliphatic carbocycles. The summed E-state index contributed by atoms with van der Waals surface area (Å²) in [7, 11) is 0. The van der Waals surface area contributed by atoms with E-state index < -0.39 is 0 Å². The fraction of sp³-hybridized carbons (Fsp3) is 0.947. The maximum absolute atomic E-state index is 13.0. The molecule has 7 heteroatoms. The third kappa shape index (κ3) is 6.25. The molecule has 2 fully saturated rings. The van der Waals surface area contributed by atoms with E-state index in [0.29, 0.717) is 5.78 Å². The van der Waals surface area contributed by atoms with E-state index in [1.165, 1.54) is 0 Å². The summed E-state index contributed by atoms with van der Waals surface area (Å²) in [5.74, 6) is 0.353. The highest BCUT2D eigenvalue weighted by Gasteiger charge is 2.32.